The molecule has 0 aliphatic carbocycles. The van der Waals surface area contributed by atoms with Crippen LogP contribution in [0.4, 0.5) is 5.69 Å². The largest absolute Gasteiger partial charge is 0.478 e. The van der Waals surface area contributed by atoms with Crippen LogP contribution in [0.25, 0.3) is 0 Å². The van der Waals surface area contributed by atoms with Crippen molar-refractivity contribution in [3.63, 3.8) is 0 Å². The van der Waals surface area contributed by atoms with E-state index in [0.29, 0.717) is 11.3 Å². The monoisotopic (exact) mass is 209 g/mol. The first-order valence-corrected chi connectivity index (χ1v) is 4.28. The summed E-state index contributed by atoms with van der Waals surface area (Å²) >= 11 is 0. The fraction of sp³-hybridized carbons (Fsp3) is 0.200. The summed E-state index contributed by atoms with van der Waals surface area (Å²) in [5.41, 5.74) is 0.843. The number of aromatic carboxylic acids is 1. The van der Waals surface area contributed by atoms with Crippen LogP contribution in [0.15, 0.2) is 18.2 Å². The highest BCUT2D eigenvalue weighted by Crippen LogP contribution is 2.15. The van der Waals surface area contributed by atoms with Crippen LogP contribution in [0, 0.1) is 0 Å². The minimum atomic E-state index is -1.10. The molecule has 3 N–H and O–H groups in total. The maximum atomic E-state index is 10.8. The summed E-state index contributed by atoms with van der Waals surface area (Å²) in [6, 6.07) is 4.21. The SMILES string of the molecule is CC(=O)Nc1cc(CO)cc(C(=O)O)c1. The van der Waals surface area contributed by atoms with E-state index in [9.17, 15) is 9.59 Å². The first-order chi connectivity index (χ1) is 7.02. The second kappa shape index (κ2) is 4.56. The van der Waals surface area contributed by atoms with Crippen molar-refractivity contribution in [1.29, 1.82) is 0 Å². The number of carbonyl (C=O) groups excluding carboxylic acids is 1. The highest BCUT2D eigenvalue weighted by atomic mass is 16.4. The average Bonchev–Trinajstić information content (AvgIpc) is 2.16. The van der Waals surface area contributed by atoms with Crippen molar-refractivity contribution in [2.24, 2.45) is 0 Å². The van der Waals surface area contributed by atoms with E-state index in [1.54, 1.807) is 0 Å². The number of carboxylic acid groups (broad SMARTS) is 1. The Morgan fingerprint density at radius 1 is 1.33 bits per heavy atom. The maximum absolute atomic E-state index is 10.8. The molecule has 5 heteroatoms. The number of carbonyl (C=O) groups is 2. The zero-order chi connectivity index (χ0) is 11.4. The molecule has 80 valence electrons. The Morgan fingerprint density at radius 2 is 2.00 bits per heavy atom. The molecule has 0 saturated heterocycles. The van der Waals surface area contributed by atoms with Gasteiger partial charge >= 0.3 is 5.97 Å². The molecule has 1 aromatic carbocycles. The topological polar surface area (TPSA) is 86.6 Å². The number of benzene rings is 1. The number of hydrogen-bond donors (Lipinski definition) is 3. The van der Waals surface area contributed by atoms with E-state index < -0.39 is 5.97 Å². The molecule has 0 aliphatic heterocycles. The van der Waals surface area contributed by atoms with Gasteiger partial charge in [0.15, 0.2) is 0 Å². The summed E-state index contributed by atoms with van der Waals surface area (Å²) in [6.45, 7) is 1.06. The lowest BCUT2D eigenvalue weighted by Crippen LogP contribution is -2.08. The third-order valence-electron chi connectivity index (χ3n) is 1.74. The van der Waals surface area contributed by atoms with Crippen molar-refractivity contribution in [1.82, 2.24) is 0 Å². The van der Waals surface area contributed by atoms with E-state index >= 15 is 0 Å². The molecule has 5 nitrogen and oxygen atoms in total. The molecule has 0 atom stereocenters. The predicted molar refractivity (Wildman–Crippen MR) is 53.6 cm³/mol. The number of hydrogen-bond acceptors (Lipinski definition) is 3. The molecule has 0 radical (unpaired) electrons. The van der Waals surface area contributed by atoms with Gasteiger partial charge in [-0.2, -0.15) is 0 Å². The number of nitrogens with one attached hydrogen (secondary N) is 1. The summed E-state index contributed by atoms with van der Waals surface area (Å²) in [5, 5.41) is 20.1. The Bertz CT molecular complexity index is 400. The minimum Gasteiger partial charge on any atom is -0.478 e. The first kappa shape index (κ1) is 11.2. The number of carboxylic acids is 1. The van der Waals surface area contributed by atoms with Gasteiger partial charge in [0.1, 0.15) is 0 Å². The molecule has 0 aromatic heterocycles. The Labute approximate surface area is 86.4 Å². The molecule has 0 heterocycles. The van der Waals surface area contributed by atoms with Crippen LogP contribution in [-0.2, 0) is 11.4 Å². The van der Waals surface area contributed by atoms with Crippen molar-refractivity contribution in [3.05, 3.63) is 29.3 Å². The zero-order valence-electron chi connectivity index (χ0n) is 8.15. The van der Waals surface area contributed by atoms with E-state index in [2.05, 4.69) is 5.32 Å². The normalized spacial score (nSPS) is 9.73. The average molecular weight is 209 g/mol. The Kier molecular flexibility index (Phi) is 3.41. The van der Waals surface area contributed by atoms with Gasteiger partial charge in [0, 0.05) is 12.6 Å². The van der Waals surface area contributed by atoms with Gasteiger partial charge < -0.3 is 15.5 Å². The van der Waals surface area contributed by atoms with Crippen LogP contribution in [0.1, 0.15) is 22.8 Å². The highest BCUT2D eigenvalue weighted by molar-refractivity contribution is 5.93. The lowest BCUT2D eigenvalue weighted by molar-refractivity contribution is -0.114. The van der Waals surface area contributed by atoms with Crippen LogP contribution in [-0.4, -0.2) is 22.1 Å². The molecule has 0 saturated carbocycles. The van der Waals surface area contributed by atoms with Crippen LogP contribution in [0.3, 0.4) is 0 Å². The van der Waals surface area contributed by atoms with Crippen molar-refractivity contribution < 1.29 is 19.8 Å². The van der Waals surface area contributed by atoms with Crippen LogP contribution in [0.2, 0.25) is 0 Å². The molecule has 0 fully saturated rings. The molecular weight excluding hydrogens is 198 g/mol. The summed E-state index contributed by atoms with van der Waals surface area (Å²) in [7, 11) is 0. The molecule has 15 heavy (non-hydrogen) atoms. The van der Waals surface area contributed by atoms with Crippen LogP contribution < -0.4 is 5.32 Å². The van der Waals surface area contributed by atoms with Crippen molar-refractivity contribution in [2.45, 2.75) is 13.5 Å². The van der Waals surface area contributed by atoms with E-state index in [1.165, 1.54) is 25.1 Å². The molecule has 1 amide bonds. The molecule has 1 rings (SSSR count). The van der Waals surface area contributed by atoms with E-state index in [0.717, 1.165) is 0 Å². The van der Waals surface area contributed by atoms with Crippen molar-refractivity contribution in [3.8, 4) is 0 Å². The number of amides is 1. The Hall–Kier alpha value is -1.88. The second-order valence-electron chi connectivity index (χ2n) is 3.06. The third-order valence-corrected chi connectivity index (χ3v) is 1.74. The molecule has 0 unspecified atom stereocenters. The summed E-state index contributed by atoms with van der Waals surface area (Å²) in [4.78, 5) is 21.5. The molecule has 0 spiro atoms. The quantitative estimate of drug-likeness (QED) is 0.688. The summed E-state index contributed by atoms with van der Waals surface area (Å²) in [6.07, 6.45) is 0. The Balaban J connectivity index is 3.11. The second-order valence-corrected chi connectivity index (χ2v) is 3.06. The first-order valence-electron chi connectivity index (χ1n) is 4.28. The number of rotatable bonds is 3. The van der Waals surface area contributed by atoms with Crippen molar-refractivity contribution in [2.75, 3.05) is 5.32 Å². The zero-order valence-corrected chi connectivity index (χ0v) is 8.15. The fourth-order valence-corrected chi connectivity index (χ4v) is 1.18. The van der Waals surface area contributed by atoms with Gasteiger partial charge in [-0.1, -0.05) is 0 Å². The van der Waals surface area contributed by atoms with Gasteiger partial charge in [0.25, 0.3) is 0 Å². The van der Waals surface area contributed by atoms with Gasteiger partial charge in [0.2, 0.25) is 5.91 Å². The highest BCUT2D eigenvalue weighted by Gasteiger charge is 2.07. The lowest BCUT2D eigenvalue weighted by Gasteiger charge is -2.06. The van der Waals surface area contributed by atoms with Gasteiger partial charge in [-0.05, 0) is 23.8 Å². The third kappa shape index (κ3) is 3.07. The van der Waals surface area contributed by atoms with Gasteiger partial charge in [-0.25, -0.2) is 4.79 Å². The summed E-state index contributed by atoms with van der Waals surface area (Å²) in [5.74, 6) is -1.39. The number of aliphatic hydroxyl groups is 1. The number of aliphatic hydroxyl groups excluding tert-OH is 1. The van der Waals surface area contributed by atoms with Crippen LogP contribution in [0.5, 0.6) is 0 Å². The fourth-order valence-electron chi connectivity index (χ4n) is 1.18. The van der Waals surface area contributed by atoms with E-state index in [4.69, 9.17) is 10.2 Å². The maximum Gasteiger partial charge on any atom is 0.335 e. The smallest absolute Gasteiger partial charge is 0.335 e. The number of anilines is 1. The Morgan fingerprint density at radius 3 is 2.47 bits per heavy atom. The van der Waals surface area contributed by atoms with E-state index in [1.807, 2.05) is 0 Å². The molecule has 0 bridgehead atoms. The summed E-state index contributed by atoms with van der Waals surface area (Å²) < 4.78 is 0. The van der Waals surface area contributed by atoms with E-state index in [-0.39, 0.29) is 18.1 Å². The molecule has 0 aliphatic rings. The minimum absolute atomic E-state index is 0.0327. The van der Waals surface area contributed by atoms with Gasteiger partial charge in [-0.3, -0.25) is 4.79 Å². The van der Waals surface area contributed by atoms with Crippen molar-refractivity contribution >= 4 is 17.6 Å². The van der Waals surface area contributed by atoms with Crippen LogP contribution >= 0.6 is 0 Å². The van der Waals surface area contributed by atoms with Gasteiger partial charge in [-0.15, -0.1) is 0 Å². The lowest BCUT2D eigenvalue weighted by atomic mass is 10.1. The van der Waals surface area contributed by atoms with Gasteiger partial charge in [0.05, 0.1) is 12.2 Å². The standard InChI is InChI=1S/C10H11NO4/c1-6(13)11-9-3-7(5-12)2-8(4-9)10(14)15/h2-4,12H,5H2,1H3,(H,11,13)(H,14,15). The molecular formula is C10H11NO4. The molecule has 1 aromatic rings. The predicted octanol–water partition coefficient (Wildman–Crippen LogP) is 0.835.